The molecule has 0 saturated carbocycles. The van der Waals surface area contributed by atoms with Crippen LogP contribution in [0.25, 0.3) is 0 Å². The molecular formula is C18H26N2O4S. The molecular weight excluding hydrogens is 340 g/mol. The Bertz CT molecular complexity index is 714. The van der Waals surface area contributed by atoms with Crippen molar-refractivity contribution in [3.05, 3.63) is 35.9 Å². The van der Waals surface area contributed by atoms with Crippen LogP contribution in [0, 0.1) is 5.92 Å². The summed E-state index contributed by atoms with van der Waals surface area (Å²) in [7, 11) is -3.39. The first-order valence-corrected chi connectivity index (χ1v) is 10.3. The van der Waals surface area contributed by atoms with Gasteiger partial charge >= 0.3 is 0 Å². The molecule has 1 heterocycles. The van der Waals surface area contributed by atoms with Gasteiger partial charge in [-0.25, -0.2) is 13.1 Å². The van der Waals surface area contributed by atoms with Gasteiger partial charge in [0.2, 0.25) is 21.8 Å². The van der Waals surface area contributed by atoms with Crippen LogP contribution in [0.15, 0.2) is 30.3 Å². The van der Waals surface area contributed by atoms with Gasteiger partial charge in [-0.1, -0.05) is 43.2 Å². The van der Waals surface area contributed by atoms with Gasteiger partial charge in [-0.3, -0.25) is 14.9 Å². The fraction of sp³-hybridized carbons (Fsp3) is 0.556. The summed E-state index contributed by atoms with van der Waals surface area (Å²) in [5.41, 5.74) is 0.248. The van der Waals surface area contributed by atoms with Gasteiger partial charge in [-0.2, -0.15) is 0 Å². The molecule has 1 aliphatic rings. The maximum absolute atomic E-state index is 12.3. The first kappa shape index (κ1) is 19.6. The molecule has 25 heavy (non-hydrogen) atoms. The summed E-state index contributed by atoms with van der Waals surface area (Å²) in [5.74, 6) is -0.618. The van der Waals surface area contributed by atoms with Gasteiger partial charge in [0.25, 0.3) is 0 Å². The van der Waals surface area contributed by atoms with E-state index in [1.165, 1.54) is 0 Å². The number of nitrogens with one attached hydrogen (secondary N) is 2. The zero-order chi connectivity index (χ0) is 18.5. The maximum atomic E-state index is 12.3. The smallest absolute Gasteiger partial charge is 0.230 e. The molecule has 0 radical (unpaired) electrons. The quantitative estimate of drug-likeness (QED) is 0.517. The Morgan fingerprint density at radius 3 is 2.40 bits per heavy atom. The van der Waals surface area contributed by atoms with E-state index in [1.807, 2.05) is 44.2 Å². The van der Waals surface area contributed by atoms with Crippen LogP contribution in [0.4, 0.5) is 0 Å². The average Bonchev–Trinajstić information content (AvgIpc) is 2.84. The van der Waals surface area contributed by atoms with Crippen molar-refractivity contribution in [2.24, 2.45) is 5.92 Å². The first-order valence-electron chi connectivity index (χ1n) is 8.60. The van der Waals surface area contributed by atoms with Crippen molar-refractivity contribution in [3.8, 4) is 0 Å². The molecule has 7 heteroatoms. The highest BCUT2D eigenvalue weighted by molar-refractivity contribution is 7.89. The minimum absolute atomic E-state index is 0.0546. The Kier molecular flexibility index (Phi) is 6.35. The lowest BCUT2D eigenvalue weighted by atomic mass is 9.96. The molecule has 1 atom stereocenters. The van der Waals surface area contributed by atoms with E-state index < -0.39 is 15.6 Å². The Balaban J connectivity index is 1.74. The van der Waals surface area contributed by atoms with Crippen molar-refractivity contribution in [2.75, 3.05) is 5.75 Å². The van der Waals surface area contributed by atoms with Crippen molar-refractivity contribution in [2.45, 2.75) is 51.5 Å². The maximum Gasteiger partial charge on any atom is 0.230 e. The molecule has 2 N–H and O–H groups in total. The van der Waals surface area contributed by atoms with Crippen LogP contribution in [0.3, 0.4) is 0 Å². The van der Waals surface area contributed by atoms with Gasteiger partial charge in [0.1, 0.15) is 0 Å². The SMILES string of the molecule is CC(C)(NS(=O)(=O)CCCCCC1CC(=O)NC1=O)c1ccccc1. The Hall–Kier alpha value is -1.73. The van der Waals surface area contributed by atoms with Crippen molar-refractivity contribution in [1.82, 2.24) is 10.0 Å². The largest absolute Gasteiger partial charge is 0.296 e. The number of unbranched alkanes of at least 4 members (excludes halogenated alkanes) is 2. The number of benzene rings is 1. The lowest BCUT2D eigenvalue weighted by molar-refractivity contribution is -0.125. The second kappa shape index (κ2) is 8.10. The predicted molar refractivity (Wildman–Crippen MR) is 96.1 cm³/mol. The van der Waals surface area contributed by atoms with Crippen LogP contribution in [0.2, 0.25) is 0 Å². The van der Waals surface area contributed by atoms with E-state index in [1.54, 1.807) is 0 Å². The average molecular weight is 366 g/mol. The summed E-state index contributed by atoms with van der Waals surface area (Å²) in [4.78, 5) is 22.6. The number of hydrogen-bond acceptors (Lipinski definition) is 4. The fourth-order valence-electron chi connectivity index (χ4n) is 3.05. The van der Waals surface area contributed by atoms with E-state index in [0.717, 1.165) is 12.0 Å². The second-order valence-corrected chi connectivity index (χ2v) is 8.92. The van der Waals surface area contributed by atoms with Crippen LogP contribution in [-0.4, -0.2) is 26.0 Å². The van der Waals surface area contributed by atoms with Gasteiger partial charge in [-0.05, 0) is 32.3 Å². The number of carbonyl (C=O) groups excluding carboxylic acids is 2. The molecule has 1 fully saturated rings. The van der Waals surface area contributed by atoms with Crippen LogP contribution in [0.1, 0.15) is 51.5 Å². The fourth-order valence-corrected chi connectivity index (χ4v) is 4.63. The molecule has 1 aliphatic heterocycles. The van der Waals surface area contributed by atoms with Crippen molar-refractivity contribution >= 4 is 21.8 Å². The van der Waals surface area contributed by atoms with Gasteiger partial charge in [0.15, 0.2) is 0 Å². The molecule has 0 aliphatic carbocycles. The number of hydrogen-bond donors (Lipinski definition) is 2. The number of imide groups is 1. The molecule has 0 bridgehead atoms. The first-order chi connectivity index (χ1) is 11.7. The third-order valence-electron chi connectivity index (χ3n) is 4.44. The Morgan fingerprint density at radius 2 is 1.80 bits per heavy atom. The summed E-state index contributed by atoms with van der Waals surface area (Å²) >= 11 is 0. The highest BCUT2D eigenvalue weighted by Crippen LogP contribution is 2.21. The summed E-state index contributed by atoms with van der Waals surface area (Å²) in [6.45, 7) is 3.69. The second-order valence-electron chi connectivity index (χ2n) is 7.07. The van der Waals surface area contributed by atoms with E-state index >= 15 is 0 Å². The zero-order valence-corrected chi connectivity index (χ0v) is 15.6. The molecule has 1 aromatic carbocycles. The third-order valence-corrected chi connectivity index (χ3v) is 6.08. The van der Waals surface area contributed by atoms with Gasteiger partial charge in [0, 0.05) is 12.3 Å². The Morgan fingerprint density at radius 1 is 1.12 bits per heavy atom. The minimum Gasteiger partial charge on any atom is -0.296 e. The van der Waals surface area contributed by atoms with Crippen LogP contribution in [0.5, 0.6) is 0 Å². The van der Waals surface area contributed by atoms with E-state index in [4.69, 9.17) is 0 Å². The predicted octanol–water partition coefficient (Wildman–Crippen LogP) is 2.06. The molecule has 6 nitrogen and oxygen atoms in total. The molecule has 138 valence electrons. The minimum atomic E-state index is -3.39. The highest BCUT2D eigenvalue weighted by atomic mass is 32.2. The number of sulfonamides is 1. The standard InChI is InChI=1S/C18H26N2O4S/c1-18(2,15-10-6-3-7-11-15)20-25(23,24)12-8-4-5-9-14-13-16(21)19-17(14)22/h3,6-7,10-11,14,20H,4-5,8-9,12-13H2,1-2H3,(H,19,21,22). The van der Waals surface area contributed by atoms with E-state index in [0.29, 0.717) is 19.3 Å². The number of carbonyl (C=O) groups is 2. The van der Waals surface area contributed by atoms with Gasteiger partial charge < -0.3 is 0 Å². The van der Waals surface area contributed by atoms with Crippen molar-refractivity contribution in [1.29, 1.82) is 0 Å². The van der Waals surface area contributed by atoms with E-state index in [9.17, 15) is 18.0 Å². The molecule has 2 rings (SSSR count). The van der Waals surface area contributed by atoms with Crippen LogP contribution in [-0.2, 0) is 25.2 Å². The van der Waals surface area contributed by atoms with Crippen LogP contribution >= 0.6 is 0 Å². The summed E-state index contributed by atoms with van der Waals surface area (Å²) in [6.07, 6.45) is 2.86. The van der Waals surface area contributed by atoms with Crippen molar-refractivity contribution < 1.29 is 18.0 Å². The molecule has 1 aromatic rings. The highest BCUT2D eigenvalue weighted by Gasteiger charge is 2.30. The molecule has 1 unspecified atom stereocenters. The Labute approximate surface area is 149 Å². The lowest BCUT2D eigenvalue weighted by Gasteiger charge is -2.26. The zero-order valence-electron chi connectivity index (χ0n) is 14.7. The van der Waals surface area contributed by atoms with Crippen LogP contribution < -0.4 is 10.0 Å². The van der Waals surface area contributed by atoms with Gasteiger partial charge in [0.05, 0.1) is 11.3 Å². The number of amides is 2. The molecule has 0 aromatic heterocycles. The number of rotatable bonds is 9. The van der Waals surface area contributed by atoms with Crippen molar-refractivity contribution in [3.63, 3.8) is 0 Å². The molecule has 2 amide bonds. The monoisotopic (exact) mass is 366 g/mol. The summed E-state index contributed by atoms with van der Waals surface area (Å²) < 4.78 is 27.4. The van der Waals surface area contributed by atoms with E-state index in [2.05, 4.69) is 10.0 Å². The van der Waals surface area contributed by atoms with Gasteiger partial charge in [-0.15, -0.1) is 0 Å². The topological polar surface area (TPSA) is 92.3 Å². The lowest BCUT2D eigenvalue weighted by Crippen LogP contribution is -2.42. The molecule has 1 saturated heterocycles. The third kappa shape index (κ3) is 5.93. The normalized spacial score (nSPS) is 18.4. The van der Waals surface area contributed by atoms with E-state index in [-0.39, 0.29) is 29.9 Å². The molecule has 0 spiro atoms. The summed E-state index contributed by atoms with van der Waals surface area (Å²) in [5, 5.41) is 2.29. The summed E-state index contributed by atoms with van der Waals surface area (Å²) in [6, 6.07) is 9.46.